The molecular weight excluding hydrogens is 279 g/mol. The van der Waals surface area contributed by atoms with Crippen molar-refractivity contribution >= 4 is 22.6 Å². The largest absolute Gasteiger partial charge is 0.346 e. The number of ether oxygens (including phenoxy) is 2. The lowest BCUT2D eigenvalue weighted by Gasteiger charge is -2.12. The molecule has 0 spiro atoms. The first-order valence-corrected chi connectivity index (χ1v) is 5.34. The van der Waals surface area contributed by atoms with Crippen LogP contribution in [0.25, 0.3) is 0 Å². The van der Waals surface area contributed by atoms with Gasteiger partial charge in [-0.15, -0.1) is 0 Å². The van der Waals surface area contributed by atoms with E-state index >= 15 is 0 Å². The van der Waals surface area contributed by atoms with Crippen molar-refractivity contribution in [3.05, 3.63) is 32.9 Å². The molecule has 1 fully saturated rings. The van der Waals surface area contributed by atoms with Crippen molar-refractivity contribution < 1.29 is 9.47 Å². The molecule has 1 aliphatic heterocycles. The molecule has 0 aliphatic carbocycles. The van der Waals surface area contributed by atoms with Crippen molar-refractivity contribution in [1.82, 2.24) is 0 Å². The molecule has 0 amide bonds. The third-order valence-electron chi connectivity index (χ3n) is 2.12. The smallest absolute Gasteiger partial charge is 0.184 e. The van der Waals surface area contributed by atoms with Gasteiger partial charge in [-0.3, -0.25) is 0 Å². The van der Waals surface area contributed by atoms with Crippen LogP contribution in [0.5, 0.6) is 0 Å². The van der Waals surface area contributed by atoms with Gasteiger partial charge in [0.2, 0.25) is 0 Å². The van der Waals surface area contributed by atoms with Crippen LogP contribution in [0.3, 0.4) is 0 Å². The van der Waals surface area contributed by atoms with Crippen molar-refractivity contribution in [2.45, 2.75) is 13.2 Å². The van der Waals surface area contributed by atoms with Crippen LogP contribution < -0.4 is 0 Å². The highest BCUT2D eigenvalue weighted by molar-refractivity contribution is 14.1. The minimum absolute atomic E-state index is 0.144. The first-order valence-electron chi connectivity index (χ1n) is 4.26. The Labute approximate surface area is 91.4 Å². The summed E-state index contributed by atoms with van der Waals surface area (Å²) in [7, 11) is 0. The molecule has 0 saturated carbocycles. The van der Waals surface area contributed by atoms with Crippen molar-refractivity contribution in [1.29, 1.82) is 0 Å². The average Bonchev–Trinajstić information content (AvgIpc) is 2.61. The Morgan fingerprint density at radius 3 is 2.69 bits per heavy atom. The van der Waals surface area contributed by atoms with E-state index < -0.39 is 0 Å². The lowest BCUT2D eigenvalue weighted by atomic mass is 10.1. The highest BCUT2D eigenvalue weighted by Gasteiger charge is 2.19. The fourth-order valence-corrected chi connectivity index (χ4v) is 1.92. The van der Waals surface area contributed by atoms with E-state index in [1.807, 2.05) is 0 Å². The summed E-state index contributed by atoms with van der Waals surface area (Å²) in [5.41, 5.74) is 2.39. The first-order chi connectivity index (χ1) is 6.27. The van der Waals surface area contributed by atoms with Gasteiger partial charge in [0.05, 0.1) is 13.2 Å². The van der Waals surface area contributed by atoms with E-state index in [1.54, 1.807) is 0 Å². The summed E-state index contributed by atoms with van der Waals surface area (Å²) in [5.74, 6) is 0. The zero-order chi connectivity index (χ0) is 9.26. The van der Waals surface area contributed by atoms with Gasteiger partial charge in [0.1, 0.15) is 0 Å². The van der Waals surface area contributed by atoms with Crippen molar-refractivity contribution in [2.75, 3.05) is 13.2 Å². The predicted molar refractivity (Wildman–Crippen MR) is 58.5 cm³/mol. The normalized spacial score (nSPS) is 18.0. The van der Waals surface area contributed by atoms with Gasteiger partial charge in [0.25, 0.3) is 0 Å². The molecule has 3 heteroatoms. The van der Waals surface area contributed by atoms with Crippen LogP contribution in [-0.2, 0) is 9.47 Å². The maximum Gasteiger partial charge on any atom is 0.184 e. The molecule has 0 bridgehead atoms. The predicted octanol–water partition coefficient (Wildman–Crippen LogP) is 2.65. The summed E-state index contributed by atoms with van der Waals surface area (Å²) in [6, 6.07) is 6.31. The quantitative estimate of drug-likeness (QED) is 0.740. The van der Waals surface area contributed by atoms with Gasteiger partial charge < -0.3 is 9.47 Å². The van der Waals surface area contributed by atoms with E-state index in [9.17, 15) is 0 Å². The van der Waals surface area contributed by atoms with Gasteiger partial charge in [-0.2, -0.15) is 0 Å². The Bertz CT molecular complexity index is 306. The molecular formula is C10H11IO2. The molecule has 1 aromatic carbocycles. The second-order valence-electron chi connectivity index (χ2n) is 3.07. The average molecular weight is 290 g/mol. The summed E-state index contributed by atoms with van der Waals surface area (Å²) in [6.07, 6.45) is -0.144. The standard InChI is InChI=1S/C10H11IO2/c1-7-2-3-8(11)6-9(7)10-12-4-5-13-10/h2-3,6,10H,4-5H2,1H3. The number of benzene rings is 1. The number of aryl methyl sites for hydroxylation is 1. The molecule has 70 valence electrons. The minimum atomic E-state index is -0.144. The summed E-state index contributed by atoms with van der Waals surface area (Å²) in [5, 5.41) is 0. The van der Waals surface area contributed by atoms with Gasteiger partial charge in [0, 0.05) is 9.13 Å². The molecule has 0 radical (unpaired) electrons. The molecule has 0 unspecified atom stereocenters. The summed E-state index contributed by atoms with van der Waals surface area (Å²) < 4.78 is 12.1. The van der Waals surface area contributed by atoms with Gasteiger partial charge in [0.15, 0.2) is 6.29 Å². The van der Waals surface area contributed by atoms with Crippen LogP contribution in [0.15, 0.2) is 18.2 Å². The number of halogens is 1. The molecule has 0 atom stereocenters. The molecule has 0 N–H and O–H groups in total. The zero-order valence-corrected chi connectivity index (χ0v) is 9.58. The number of hydrogen-bond acceptors (Lipinski definition) is 2. The van der Waals surface area contributed by atoms with Crippen LogP contribution >= 0.6 is 22.6 Å². The molecule has 1 aromatic rings. The third kappa shape index (κ3) is 2.03. The van der Waals surface area contributed by atoms with E-state index in [1.165, 1.54) is 9.13 Å². The van der Waals surface area contributed by atoms with E-state index in [-0.39, 0.29) is 6.29 Å². The van der Waals surface area contributed by atoms with Crippen LogP contribution in [-0.4, -0.2) is 13.2 Å². The topological polar surface area (TPSA) is 18.5 Å². The molecule has 2 rings (SSSR count). The molecule has 1 saturated heterocycles. The Hall–Kier alpha value is -0.130. The Kier molecular flexibility index (Phi) is 2.86. The van der Waals surface area contributed by atoms with Crippen LogP contribution in [0.2, 0.25) is 0 Å². The summed E-state index contributed by atoms with van der Waals surface area (Å²) in [6.45, 7) is 3.49. The van der Waals surface area contributed by atoms with E-state index in [0.29, 0.717) is 13.2 Å². The third-order valence-corrected chi connectivity index (χ3v) is 2.79. The highest BCUT2D eigenvalue weighted by atomic mass is 127. The van der Waals surface area contributed by atoms with Crippen molar-refractivity contribution in [3.8, 4) is 0 Å². The van der Waals surface area contributed by atoms with E-state index in [4.69, 9.17) is 9.47 Å². The minimum Gasteiger partial charge on any atom is -0.346 e. The maximum absolute atomic E-state index is 5.45. The van der Waals surface area contributed by atoms with Crippen LogP contribution in [0.4, 0.5) is 0 Å². The molecule has 0 aromatic heterocycles. The number of rotatable bonds is 1. The zero-order valence-electron chi connectivity index (χ0n) is 7.42. The van der Waals surface area contributed by atoms with Crippen molar-refractivity contribution in [2.24, 2.45) is 0 Å². The first kappa shape index (κ1) is 9.43. The van der Waals surface area contributed by atoms with Crippen LogP contribution in [0, 0.1) is 10.5 Å². The Morgan fingerprint density at radius 2 is 2.00 bits per heavy atom. The molecule has 2 nitrogen and oxygen atoms in total. The fourth-order valence-electron chi connectivity index (χ4n) is 1.40. The summed E-state index contributed by atoms with van der Waals surface area (Å²) in [4.78, 5) is 0. The molecule has 1 aliphatic rings. The Balaban J connectivity index is 2.32. The van der Waals surface area contributed by atoms with E-state index in [0.717, 1.165) is 5.56 Å². The molecule has 13 heavy (non-hydrogen) atoms. The van der Waals surface area contributed by atoms with Crippen LogP contribution in [0.1, 0.15) is 17.4 Å². The van der Waals surface area contributed by atoms with Gasteiger partial charge >= 0.3 is 0 Å². The van der Waals surface area contributed by atoms with Gasteiger partial charge in [-0.05, 0) is 47.2 Å². The SMILES string of the molecule is Cc1ccc(I)cc1C1OCCO1. The second kappa shape index (κ2) is 3.94. The highest BCUT2D eigenvalue weighted by Crippen LogP contribution is 2.27. The van der Waals surface area contributed by atoms with E-state index in [2.05, 4.69) is 47.7 Å². The van der Waals surface area contributed by atoms with Crippen molar-refractivity contribution in [3.63, 3.8) is 0 Å². The lowest BCUT2D eigenvalue weighted by molar-refractivity contribution is -0.0445. The number of hydrogen-bond donors (Lipinski definition) is 0. The fraction of sp³-hybridized carbons (Fsp3) is 0.400. The Morgan fingerprint density at radius 1 is 1.31 bits per heavy atom. The molecule has 1 heterocycles. The second-order valence-corrected chi connectivity index (χ2v) is 4.32. The van der Waals surface area contributed by atoms with Gasteiger partial charge in [-0.1, -0.05) is 6.07 Å². The lowest BCUT2D eigenvalue weighted by Crippen LogP contribution is -2.00. The van der Waals surface area contributed by atoms with Gasteiger partial charge in [-0.25, -0.2) is 0 Å². The maximum atomic E-state index is 5.45. The summed E-state index contributed by atoms with van der Waals surface area (Å²) >= 11 is 2.30. The monoisotopic (exact) mass is 290 g/mol.